The van der Waals surface area contributed by atoms with Crippen molar-refractivity contribution in [3.05, 3.63) is 28.8 Å². The molecule has 2 unspecified atom stereocenters. The number of carbonyl (C=O) groups excluding carboxylic acids is 5. The van der Waals surface area contributed by atoms with Gasteiger partial charge in [0.25, 0.3) is 0 Å². The molecular formula is C34H46N2O8. The van der Waals surface area contributed by atoms with Gasteiger partial charge in [0.05, 0.1) is 29.5 Å². The summed E-state index contributed by atoms with van der Waals surface area (Å²) in [4.78, 5) is 68.8. The van der Waals surface area contributed by atoms with Crippen LogP contribution in [0.4, 0.5) is 0 Å². The molecule has 0 aliphatic heterocycles. The zero-order valence-corrected chi connectivity index (χ0v) is 26.3. The van der Waals surface area contributed by atoms with Gasteiger partial charge in [-0.05, 0) is 43.3 Å². The first-order chi connectivity index (χ1) is 20.6. The third kappa shape index (κ3) is 4.75. The fourth-order valence-electron chi connectivity index (χ4n) is 8.98. The number of benzene rings is 1. The van der Waals surface area contributed by atoms with Gasteiger partial charge >= 0.3 is 0 Å². The molecule has 4 aliphatic carbocycles. The van der Waals surface area contributed by atoms with Gasteiger partial charge in [-0.1, -0.05) is 77.8 Å². The predicted molar refractivity (Wildman–Crippen MR) is 161 cm³/mol. The molecule has 10 nitrogen and oxygen atoms in total. The number of nitrogens with two attached hydrogens (primary N) is 1. The lowest BCUT2D eigenvalue weighted by atomic mass is 9.49. The van der Waals surface area contributed by atoms with Crippen molar-refractivity contribution in [3.8, 4) is 5.75 Å². The lowest BCUT2D eigenvalue weighted by Crippen LogP contribution is -2.77. The average molecular weight is 611 g/mol. The number of hydrogen-bond donors (Lipinski definition) is 4. The van der Waals surface area contributed by atoms with Crippen molar-refractivity contribution in [1.82, 2.24) is 4.90 Å². The van der Waals surface area contributed by atoms with Crippen LogP contribution in [0, 0.1) is 29.6 Å². The zero-order chi connectivity index (χ0) is 32.5. The lowest BCUT2D eigenvalue weighted by Gasteiger charge is -2.56. The number of nitrogens with zero attached hydrogens (tertiary/aromatic N) is 1. The summed E-state index contributed by atoms with van der Waals surface area (Å²) in [6, 6.07) is 2.18. The molecule has 0 aromatic heterocycles. The fraction of sp³-hybridized carbons (Fsp3) is 0.676. The van der Waals surface area contributed by atoms with E-state index in [0.29, 0.717) is 17.0 Å². The summed E-state index contributed by atoms with van der Waals surface area (Å²) in [7, 11) is 2.95. The molecule has 0 saturated heterocycles. The number of fused-ring (bicyclic) bond motifs is 3. The molecule has 1 aromatic rings. The summed E-state index contributed by atoms with van der Waals surface area (Å²) in [5, 5.41) is 35.2. The van der Waals surface area contributed by atoms with Crippen molar-refractivity contribution >= 4 is 29.0 Å². The zero-order valence-electron chi connectivity index (χ0n) is 26.3. The molecule has 240 valence electrons. The smallest absolute Gasteiger partial charge is 0.235 e. The van der Waals surface area contributed by atoms with E-state index in [1.54, 1.807) is 19.1 Å². The van der Waals surface area contributed by atoms with Crippen LogP contribution in [-0.4, -0.2) is 81.1 Å². The normalized spacial score (nSPS) is 34.5. The van der Waals surface area contributed by atoms with Crippen molar-refractivity contribution in [1.29, 1.82) is 0 Å². The number of ketones is 4. The highest BCUT2D eigenvalue weighted by molar-refractivity contribution is 6.32. The second-order valence-electron chi connectivity index (χ2n) is 14.6. The minimum absolute atomic E-state index is 0.0471. The number of phenols is 1. The Morgan fingerprint density at radius 1 is 1.07 bits per heavy atom. The minimum Gasteiger partial charge on any atom is -0.507 e. The molecule has 8 atom stereocenters. The Morgan fingerprint density at radius 2 is 1.70 bits per heavy atom. The first kappa shape index (κ1) is 32.4. The largest absolute Gasteiger partial charge is 0.507 e. The summed E-state index contributed by atoms with van der Waals surface area (Å²) in [5.74, 6) is -12.2. The van der Waals surface area contributed by atoms with Gasteiger partial charge in [0.1, 0.15) is 5.75 Å². The van der Waals surface area contributed by atoms with E-state index in [0.717, 1.165) is 19.3 Å². The summed E-state index contributed by atoms with van der Waals surface area (Å²) < 4.78 is 0. The number of phenolic OH excluding ortho intramolecular Hbond substituents is 1. The molecule has 44 heavy (non-hydrogen) atoms. The van der Waals surface area contributed by atoms with E-state index in [-0.39, 0.29) is 11.3 Å². The number of amides is 1. The van der Waals surface area contributed by atoms with Crippen molar-refractivity contribution in [3.63, 3.8) is 0 Å². The Bertz CT molecular complexity index is 1400. The van der Waals surface area contributed by atoms with Crippen molar-refractivity contribution in [2.45, 2.75) is 101 Å². The molecule has 1 aromatic carbocycles. The quantitative estimate of drug-likeness (QED) is 0.338. The molecule has 0 radical (unpaired) electrons. The van der Waals surface area contributed by atoms with Gasteiger partial charge in [-0.2, -0.15) is 0 Å². The number of carbonyl (C=O) groups is 5. The van der Waals surface area contributed by atoms with Gasteiger partial charge in [0.15, 0.2) is 34.7 Å². The molecule has 3 fully saturated rings. The molecule has 5 N–H and O–H groups in total. The summed E-state index contributed by atoms with van der Waals surface area (Å²) in [6.07, 6.45) is 7.56. The number of Topliss-reactive ketones (excluding diaryl/α,β-unsaturated/α-hetero) is 4. The molecule has 5 rings (SSSR count). The Balaban J connectivity index is 1.53. The minimum atomic E-state index is -3.00. The van der Waals surface area contributed by atoms with Crippen molar-refractivity contribution in [2.75, 3.05) is 14.1 Å². The molecule has 0 heterocycles. The van der Waals surface area contributed by atoms with Gasteiger partial charge in [-0.25, -0.2) is 0 Å². The van der Waals surface area contributed by atoms with Crippen LogP contribution in [-0.2, 0) is 24.6 Å². The Labute approximate surface area is 258 Å². The van der Waals surface area contributed by atoms with E-state index < -0.39 is 81.8 Å². The van der Waals surface area contributed by atoms with Crippen LogP contribution >= 0.6 is 0 Å². The SMILES string of the molecule is C[C@H]1c2ccc(C(C)(C)CCCC3CCCCC3)c(O)c2C(=O)C2C(=O)[C@]3(O)C(=O)C(C(N)=O)C(=O)[C@@H](N(C)C)[C@@H]3[C@@H](O)[C@@H]21. The lowest BCUT2D eigenvalue weighted by molar-refractivity contribution is -0.196. The Morgan fingerprint density at radius 3 is 2.30 bits per heavy atom. The molecule has 0 bridgehead atoms. The predicted octanol–water partition coefficient (Wildman–Crippen LogP) is 2.43. The number of aliphatic hydroxyl groups excluding tert-OH is 1. The number of rotatable bonds is 7. The highest BCUT2D eigenvalue weighted by Crippen LogP contribution is 2.55. The number of aromatic hydroxyl groups is 1. The van der Waals surface area contributed by atoms with Gasteiger partial charge in [0, 0.05) is 11.5 Å². The molecule has 4 aliphatic rings. The van der Waals surface area contributed by atoms with E-state index in [4.69, 9.17) is 5.73 Å². The van der Waals surface area contributed by atoms with Crippen LogP contribution in [0.15, 0.2) is 12.1 Å². The fourth-order valence-corrected chi connectivity index (χ4v) is 8.98. The van der Waals surface area contributed by atoms with E-state index in [2.05, 4.69) is 0 Å². The third-order valence-corrected chi connectivity index (χ3v) is 11.4. The van der Waals surface area contributed by atoms with Gasteiger partial charge in [-0.15, -0.1) is 0 Å². The monoisotopic (exact) mass is 610 g/mol. The summed E-state index contributed by atoms with van der Waals surface area (Å²) >= 11 is 0. The molecule has 10 heteroatoms. The highest BCUT2D eigenvalue weighted by Gasteiger charge is 2.73. The van der Waals surface area contributed by atoms with Crippen molar-refractivity contribution in [2.24, 2.45) is 35.3 Å². The van der Waals surface area contributed by atoms with Crippen LogP contribution < -0.4 is 5.73 Å². The summed E-state index contributed by atoms with van der Waals surface area (Å²) in [6.45, 7) is 5.75. The van der Waals surface area contributed by atoms with Crippen LogP contribution in [0.2, 0.25) is 0 Å². The third-order valence-electron chi connectivity index (χ3n) is 11.4. The van der Waals surface area contributed by atoms with Crippen LogP contribution in [0.25, 0.3) is 0 Å². The highest BCUT2D eigenvalue weighted by atomic mass is 16.3. The van der Waals surface area contributed by atoms with E-state index in [1.807, 2.05) is 13.8 Å². The maximum atomic E-state index is 14.2. The van der Waals surface area contributed by atoms with Gasteiger partial charge in [-0.3, -0.25) is 28.9 Å². The molecule has 1 amide bonds. The number of hydrogen-bond acceptors (Lipinski definition) is 9. The van der Waals surface area contributed by atoms with E-state index >= 15 is 0 Å². The number of likely N-dealkylation sites (N-methyl/N-ethyl adjacent to an activating group) is 1. The maximum Gasteiger partial charge on any atom is 0.235 e. The Kier molecular flexibility index (Phi) is 8.44. The van der Waals surface area contributed by atoms with Crippen LogP contribution in [0.3, 0.4) is 0 Å². The Hall–Kier alpha value is -2.95. The molecular weight excluding hydrogens is 564 g/mol. The van der Waals surface area contributed by atoms with E-state index in [9.17, 15) is 39.3 Å². The second kappa shape index (κ2) is 11.4. The standard InChI is InChI=1S/C34H46N2O8/c1-16-18-13-14-19(33(2,3)15-9-12-17-10-7-6-8-11-17)26(37)21(18)27(38)22-20(16)28(39)24-25(36(4)5)29(40)23(32(35)43)31(42)34(24,44)30(22)41/h13-14,16-17,20,22-25,28,37,39,44H,6-12,15H2,1-5H3,(H2,35,43)/t16-,20+,22?,23?,24+,25-,28-,34-/m0/s1. The van der Waals surface area contributed by atoms with Gasteiger partial charge in [0.2, 0.25) is 5.91 Å². The molecule has 3 saturated carbocycles. The maximum absolute atomic E-state index is 14.2. The van der Waals surface area contributed by atoms with Crippen LogP contribution in [0.1, 0.15) is 99.5 Å². The molecule has 0 spiro atoms. The number of primary amides is 1. The summed E-state index contributed by atoms with van der Waals surface area (Å²) in [5.41, 5.74) is 2.88. The second-order valence-corrected chi connectivity index (χ2v) is 14.6. The topological polar surface area (TPSA) is 175 Å². The van der Waals surface area contributed by atoms with E-state index in [1.165, 1.54) is 51.1 Å². The van der Waals surface area contributed by atoms with Crippen LogP contribution in [0.5, 0.6) is 5.75 Å². The van der Waals surface area contributed by atoms with Gasteiger partial charge < -0.3 is 21.1 Å². The van der Waals surface area contributed by atoms with Crippen molar-refractivity contribution < 1.29 is 39.3 Å². The first-order valence-electron chi connectivity index (χ1n) is 16.0. The number of aliphatic hydroxyl groups is 2. The average Bonchev–Trinajstić information content (AvgIpc) is 2.95. The first-order valence-corrected chi connectivity index (χ1v) is 16.0.